The van der Waals surface area contributed by atoms with Crippen LogP contribution in [0.4, 0.5) is 0 Å². The van der Waals surface area contributed by atoms with Crippen molar-refractivity contribution < 1.29 is 13.6 Å². The fourth-order valence-electron chi connectivity index (χ4n) is 2.03. The summed E-state index contributed by atoms with van der Waals surface area (Å²) in [5.74, 6) is -0.315. The molecule has 20 heavy (non-hydrogen) atoms. The topological polar surface area (TPSA) is 35.5 Å². The molecule has 0 saturated heterocycles. The number of ketones is 1. The summed E-state index contributed by atoms with van der Waals surface area (Å²) in [4.78, 5) is 11.8. The highest BCUT2D eigenvalue weighted by Crippen LogP contribution is 2.41. The molecule has 0 N–H and O–H groups in total. The maximum absolute atomic E-state index is 11.8. The standard InChI is InChI=1S/C15H32O3Si2/c1-13(2,3)19(7)17-15(10-9-12(16)11-15)18-20(8)14(4,5)6/h19-20H,9-11H2,1-8H3. The molecule has 1 rings (SSSR count). The van der Waals surface area contributed by atoms with E-state index in [0.29, 0.717) is 12.8 Å². The van der Waals surface area contributed by atoms with E-state index >= 15 is 0 Å². The fraction of sp³-hybridized carbons (Fsp3) is 0.933. The van der Waals surface area contributed by atoms with Gasteiger partial charge in [-0.15, -0.1) is 0 Å². The highest BCUT2D eigenvalue weighted by Gasteiger charge is 2.45. The molecule has 0 aromatic carbocycles. The summed E-state index contributed by atoms with van der Waals surface area (Å²) in [7, 11) is -2.81. The predicted octanol–water partition coefficient (Wildman–Crippen LogP) is 3.78. The van der Waals surface area contributed by atoms with Crippen LogP contribution in [-0.4, -0.2) is 29.7 Å². The molecule has 2 unspecified atom stereocenters. The molecule has 5 heteroatoms. The smallest absolute Gasteiger partial charge is 0.183 e. The van der Waals surface area contributed by atoms with E-state index in [-0.39, 0.29) is 15.9 Å². The Hall–Kier alpha value is 0.0238. The second-order valence-corrected chi connectivity index (χ2v) is 14.9. The lowest BCUT2D eigenvalue weighted by molar-refractivity contribution is -0.133. The molecule has 118 valence electrons. The zero-order valence-electron chi connectivity index (χ0n) is 14.5. The summed E-state index contributed by atoms with van der Waals surface area (Å²) in [6.45, 7) is 17.8. The summed E-state index contributed by atoms with van der Waals surface area (Å²) in [6, 6.07) is 0. The molecule has 1 aliphatic rings. The third kappa shape index (κ3) is 4.79. The van der Waals surface area contributed by atoms with Crippen molar-refractivity contribution in [3.63, 3.8) is 0 Å². The molecule has 0 aliphatic heterocycles. The number of hydrogen-bond donors (Lipinski definition) is 0. The predicted molar refractivity (Wildman–Crippen MR) is 89.2 cm³/mol. The van der Waals surface area contributed by atoms with Gasteiger partial charge in [-0.2, -0.15) is 0 Å². The molecule has 0 radical (unpaired) electrons. The van der Waals surface area contributed by atoms with Gasteiger partial charge in [-0.1, -0.05) is 41.5 Å². The summed E-state index contributed by atoms with van der Waals surface area (Å²) in [5.41, 5.74) is 0. The van der Waals surface area contributed by atoms with Crippen molar-refractivity contribution in [2.75, 3.05) is 0 Å². The van der Waals surface area contributed by atoms with E-state index in [0.717, 1.165) is 6.42 Å². The molecular weight excluding hydrogens is 284 g/mol. The van der Waals surface area contributed by atoms with Crippen LogP contribution in [0.5, 0.6) is 0 Å². The van der Waals surface area contributed by atoms with Crippen molar-refractivity contribution in [2.45, 2.75) is 89.8 Å². The van der Waals surface area contributed by atoms with E-state index < -0.39 is 23.9 Å². The van der Waals surface area contributed by atoms with E-state index in [1.165, 1.54) is 0 Å². The molecule has 3 nitrogen and oxygen atoms in total. The first-order valence-corrected chi connectivity index (χ1v) is 12.1. The number of hydrogen-bond acceptors (Lipinski definition) is 3. The van der Waals surface area contributed by atoms with Crippen LogP contribution in [0, 0.1) is 0 Å². The third-order valence-corrected chi connectivity index (χ3v) is 10.9. The van der Waals surface area contributed by atoms with Crippen LogP contribution < -0.4 is 0 Å². The number of rotatable bonds is 4. The van der Waals surface area contributed by atoms with Crippen molar-refractivity contribution in [2.24, 2.45) is 0 Å². The lowest BCUT2D eigenvalue weighted by atomic mass is 10.2. The zero-order chi connectivity index (χ0) is 15.8. The van der Waals surface area contributed by atoms with E-state index in [1.807, 2.05) is 0 Å². The van der Waals surface area contributed by atoms with Gasteiger partial charge in [-0.05, 0) is 23.2 Å². The van der Waals surface area contributed by atoms with Crippen LogP contribution >= 0.6 is 0 Å². The average molecular weight is 317 g/mol. The van der Waals surface area contributed by atoms with Crippen molar-refractivity contribution in [1.29, 1.82) is 0 Å². The Morgan fingerprint density at radius 2 is 1.35 bits per heavy atom. The molecule has 1 fully saturated rings. The Bertz CT molecular complexity index is 333. The third-order valence-electron chi connectivity index (χ3n) is 4.47. The fourth-order valence-corrected chi connectivity index (χ4v) is 4.65. The molecule has 0 heterocycles. The van der Waals surface area contributed by atoms with Crippen LogP contribution in [-0.2, 0) is 13.6 Å². The molecule has 0 aromatic rings. The minimum Gasteiger partial charge on any atom is -0.393 e. The SMILES string of the molecule is C[SiH](OC1(O[SiH](C)C(C)(C)C)CCC(=O)C1)C(C)(C)C. The monoisotopic (exact) mass is 316 g/mol. The summed E-state index contributed by atoms with van der Waals surface area (Å²) < 4.78 is 12.9. The summed E-state index contributed by atoms with van der Waals surface area (Å²) >= 11 is 0. The molecule has 0 spiro atoms. The highest BCUT2D eigenvalue weighted by atomic mass is 28.3. The maximum atomic E-state index is 11.8. The lowest BCUT2D eigenvalue weighted by Crippen LogP contribution is -2.46. The quantitative estimate of drug-likeness (QED) is 0.585. The van der Waals surface area contributed by atoms with Crippen LogP contribution in [0.15, 0.2) is 0 Å². The van der Waals surface area contributed by atoms with Crippen LogP contribution in [0.1, 0.15) is 60.8 Å². The largest absolute Gasteiger partial charge is 0.393 e. The Kier molecular flexibility index (Phi) is 5.45. The van der Waals surface area contributed by atoms with Crippen molar-refractivity contribution in [3.8, 4) is 0 Å². The molecule has 0 bridgehead atoms. The van der Waals surface area contributed by atoms with Gasteiger partial charge in [0.25, 0.3) is 0 Å². The second kappa shape index (κ2) is 6.03. The Morgan fingerprint density at radius 3 is 1.60 bits per heavy atom. The number of Topliss-reactive ketones (excluding diaryl/α,β-unsaturated/α-hetero) is 1. The Labute approximate surface area is 127 Å². The minimum absolute atomic E-state index is 0.189. The molecule has 1 aliphatic carbocycles. The van der Waals surface area contributed by atoms with Gasteiger partial charge >= 0.3 is 0 Å². The molecule has 0 aromatic heterocycles. The van der Waals surface area contributed by atoms with E-state index in [1.54, 1.807) is 0 Å². The van der Waals surface area contributed by atoms with Crippen molar-refractivity contribution in [1.82, 2.24) is 0 Å². The molecule has 2 atom stereocenters. The van der Waals surface area contributed by atoms with Gasteiger partial charge in [0.2, 0.25) is 0 Å². The van der Waals surface area contributed by atoms with Gasteiger partial charge in [-0.3, -0.25) is 4.79 Å². The van der Waals surface area contributed by atoms with Gasteiger partial charge in [0.1, 0.15) is 5.78 Å². The Morgan fingerprint density at radius 1 is 0.950 bits per heavy atom. The first kappa shape index (κ1) is 18.1. The lowest BCUT2D eigenvalue weighted by Gasteiger charge is -2.41. The first-order chi connectivity index (χ1) is 8.86. The summed E-state index contributed by atoms with van der Waals surface area (Å²) in [5, 5.41) is 0.378. The van der Waals surface area contributed by atoms with Gasteiger partial charge in [0, 0.05) is 12.8 Å². The van der Waals surface area contributed by atoms with Gasteiger partial charge in [-0.25, -0.2) is 0 Å². The normalized spacial score (nSPS) is 27.7. The number of carbonyl (C=O) groups excluding carboxylic acids is 1. The Balaban J connectivity index is 2.86. The van der Waals surface area contributed by atoms with E-state index in [9.17, 15) is 4.79 Å². The summed E-state index contributed by atoms with van der Waals surface area (Å²) in [6.07, 6.45) is 1.80. The minimum atomic E-state index is -1.41. The van der Waals surface area contributed by atoms with Crippen molar-refractivity contribution >= 4 is 23.9 Å². The van der Waals surface area contributed by atoms with E-state index in [2.05, 4.69) is 54.6 Å². The van der Waals surface area contributed by atoms with Gasteiger partial charge in [0.05, 0.1) is 6.42 Å². The van der Waals surface area contributed by atoms with Crippen LogP contribution in [0.2, 0.25) is 23.2 Å². The van der Waals surface area contributed by atoms with Crippen LogP contribution in [0.3, 0.4) is 0 Å². The maximum Gasteiger partial charge on any atom is 0.183 e. The highest BCUT2D eigenvalue weighted by molar-refractivity contribution is 6.55. The van der Waals surface area contributed by atoms with E-state index in [4.69, 9.17) is 8.85 Å². The van der Waals surface area contributed by atoms with Crippen LogP contribution in [0.25, 0.3) is 0 Å². The second-order valence-electron chi connectivity index (χ2n) is 8.38. The molecular formula is C15H32O3Si2. The number of carbonyl (C=O) groups is 1. The zero-order valence-corrected chi connectivity index (χ0v) is 16.8. The van der Waals surface area contributed by atoms with Gasteiger partial charge < -0.3 is 8.85 Å². The van der Waals surface area contributed by atoms with Gasteiger partial charge in [0.15, 0.2) is 23.9 Å². The van der Waals surface area contributed by atoms with Crippen molar-refractivity contribution in [3.05, 3.63) is 0 Å². The average Bonchev–Trinajstić information content (AvgIpc) is 2.57. The molecule has 0 amide bonds. The first-order valence-electron chi connectivity index (χ1n) is 7.73. The molecule has 1 saturated carbocycles.